The highest BCUT2D eigenvalue weighted by atomic mass is 19.4. The predicted molar refractivity (Wildman–Crippen MR) is 67.8 cm³/mol. The number of nitrogens with zero attached hydrogens (tertiary/aromatic N) is 6. The average Bonchev–Trinajstić information content (AvgIpc) is 3.04. The van der Waals surface area contributed by atoms with Gasteiger partial charge >= 0.3 is 6.18 Å². The third-order valence-corrected chi connectivity index (χ3v) is 3.47. The summed E-state index contributed by atoms with van der Waals surface area (Å²) in [6.07, 6.45) is -0.824. The third kappa shape index (κ3) is 3.11. The summed E-state index contributed by atoms with van der Waals surface area (Å²) >= 11 is 0. The molecule has 1 N–H and O–H groups in total. The first-order valence-corrected chi connectivity index (χ1v) is 7.00. The van der Waals surface area contributed by atoms with E-state index in [0.29, 0.717) is 5.82 Å². The molecule has 22 heavy (non-hydrogen) atoms. The molecule has 0 bridgehead atoms. The maximum Gasteiger partial charge on any atom is 0.435 e. The number of aliphatic hydroxyl groups is 1. The van der Waals surface area contributed by atoms with E-state index in [-0.39, 0.29) is 37.6 Å². The Kier molecular flexibility index (Phi) is 3.85. The molecule has 0 aliphatic heterocycles. The number of hydrogen-bond acceptors (Lipinski definition) is 5. The lowest BCUT2D eigenvalue weighted by Crippen LogP contribution is -2.12. The molecular formula is C12H15F3N6O. The molecule has 0 spiro atoms. The van der Waals surface area contributed by atoms with Crippen molar-refractivity contribution in [1.29, 1.82) is 0 Å². The maximum atomic E-state index is 13.0. The number of hydrogen-bond donors (Lipinski definition) is 1. The summed E-state index contributed by atoms with van der Waals surface area (Å²) in [5.74, 6) is 0.493. The van der Waals surface area contributed by atoms with Gasteiger partial charge in [-0.2, -0.15) is 18.3 Å². The van der Waals surface area contributed by atoms with E-state index in [1.165, 1.54) is 10.9 Å². The number of aryl methyl sites for hydroxylation is 1. The number of alkyl halides is 3. The molecule has 1 aliphatic carbocycles. The first kappa shape index (κ1) is 14.9. The second kappa shape index (κ2) is 5.67. The number of tetrazole rings is 1. The van der Waals surface area contributed by atoms with Crippen molar-refractivity contribution in [3.05, 3.63) is 23.3 Å². The highest BCUT2D eigenvalue weighted by molar-refractivity contribution is 5.20. The molecule has 1 saturated carbocycles. The minimum Gasteiger partial charge on any atom is -0.396 e. The Morgan fingerprint density at radius 3 is 2.73 bits per heavy atom. The van der Waals surface area contributed by atoms with Gasteiger partial charge in [0, 0.05) is 18.4 Å². The summed E-state index contributed by atoms with van der Waals surface area (Å²) in [4.78, 5) is 0. The van der Waals surface area contributed by atoms with Crippen molar-refractivity contribution in [2.24, 2.45) is 0 Å². The van der Waals surface area contributed by atoms with Gasteiger partial charge < -0.3 is 5.11 Å². The van der Waals surface area contributed by atoms with Crippen LogP contribution in [0, 0.1) is 0 Å². The molecule has 1 aliphatic rings. The Labute approximate surface area is 123 Å². The molecule has 2 aromatic heterocycles. The van der Waals surface area contributed by atoms with Crippen LogP contribution in [0.5, 0.6) is 0 Å². The summed E-state index contributed by atoms with van der Waals surface area (Å²) in [6, 6.07) is 0.247. The van der Waals surface area contributed by atoms with E-state index in [1.54, 1.807) is 4.68 Å². The van der Waals surface area contributed by atoms with E-state index in [4.69, 9.17) is 5.11 Å². The Bertz CT molecular complexity index is 646. The topological polar surface area (TPSA) is 81.6 Å². The van der Waals surface area contributed by atoms with Crippen LogP contribution in [0.25, 0.3) is 0 Å². The Morgan fingerprint density at radius 1 is 1.32 bits per heavy atom. The standard InChI is InChI=1S/C12H15F3N6O/c13-12(14,15)11-8(2-1-5-22)6-20(17-11)7-10-16-18-19-21(10)9-3-4-9/h6,9,22H,1-5,7H2. The fourth-order valence-electron chi connectivity index (χ4n) is 2.30. The second-order valence-electron chi connectivity index (χ2n) is 5.30. The van der Waals surface area contributed by atoms with Gasteiger partial charge in [-0.25, -0.2) is 4.68 Å². The minimum atomic E-state index is -4.52. The highest BCUT2D eigenvalue weighted by Gasteiger charge is 2.37. The summed E-state index contributed by atoms with van der Waals surface area (Å²) in [6.45, 7) is -0.0753. The van der Waals surface area contributed by atoms with Crippen molar-refractivity contribution in [1.82, 2.24) is 30.0 Å². The monoisotopic (exact) mass is 316 g/mol. The van der Waals surface area contributed by atoms with Crippen molar-refractivity contribution in [2.45, 2.75) is 44.4 Å². The van der Waals surface area contributed by atoms with Crippen LogP contribution in [0.1, 0.15) is 42.4 Å². The van der Waals surface area contributed by atoms with Gasteiger partial charge in [0.25, 0.3) is 0 Å². The van der Waals surface area contributed by atoms with E-state index >= 15 is 0 Å². The first-order valence-electron chi connectivity index (χ1n) is 7.00. The first-order chi connectivity index (χ1) is 10.5. The lowest BCUT2D eigenvalue weighted by Gasteiger charge is -2.05. The fourth-order valence-corrected chi connectivity index (χ4v) is 2.30. The minimum absolute atomic E-state index is 0.0759. The summed E-state index contributed by atoms with van der Waals surface area (Å²) in [5.41, 5.74) is -0.835. The molecule has 0 unspecified atom stereocenters. The lowest BCUT2D eigenvalue weighted by molar-refractivity contribution is -0.142. The second-order valence-corrected chi connectivity index (χ2v) is 5.30. The summed E-state index contributed by atoms with van der Waals surface area (Å²) < 4.78 is 41.9. The van der Waals surface area contributed by atoms with E-state index in [0.717, 1.165) is 12.8 Å². The smallest absolute Gasteiger partial charge is 0.396 e. The largest absolute Gasteiger partial charge is 0.435 e. The molecule has 3 rings (SSSR count). The van der Waals surface area contributed by atoms with Crippen molar-refractivity contribution in [3.63, 3.8) is 0 Å². The van der Waals surface area contributed by atoms with Gasteiger partial charge in [-0.1, -0.05) is 0 Å². The predicted octanol–water partition coefficient (Wildman–Crippen LogP) is 1.20. The van der Waals surface area contributed by atoms with Gasteiger partial charge in [0.1, 0.15) is 6.54 Å². The molecule has 7 nitrogen and oxygen atoms in total. The van der Waals surface area contributed by atoms with Crippen LogP contribution in [0.15, 0.2) is 6.20 Å². The van der Waals surface area contributed by atoms with Crippen molar-refractivity contribution in [2.75, 3.05) is 6.61 Å². The zero-order chi connectivity index (χ0) is 15.7. The van der Waals surface area contributed by atoms with Gasteiger partial charge in [-0.3, -0.25) is 4.68 Å². The molecule has 0 saturated heterocycles. The van der Waals surface area contributed by atoms with E-state index in [2.05, 4.69) is 20.6 Å². The molecule has 10 heteroatoms. The Morgan fingerprint density at radius 2 is 2.09 bits per heavy atom. The summed E-state index contributed by atoms with van der Waals surface area (Å²) in [7, 11) is 0. The molecule has 0 atom stereocenters. The average molecular weight is 316 g/mol. The molecule has 0 aromatic carbocycles. The van der Waals surface area contributed by atoms with Crippen molar-refractivity contribution >= 4 is 0 Å². The lowest BCUT2D eigenvalue weighted by atomic mass is 10.1. The van der Waals surface area contributed by atoms with Gasteiger partial charge in [0.05, 0.1) is 6.04 Å². The van der Waals surface area contributed by atoms with Crippen LogP contribution in [0.3, 0.4) is 0 Å². The zero-order valence-electron chi connectivity index (χ0n) is 11.7. The molecule has 120 valence electrons. The zero-order valence-corrected chi connectivity index (χ0v) is 11.7. The van der Waals surface area contributed by atoms with E-state index in [1.807, 2.05) is 0 Å². The number of rotatable bonds is 6. The van der Waals surface area contributed by atoms with Crippen LogP contribution in [-0.4, -0.2) is 41.7 Å². The molecule has 1 fully saturated rings. The van der Waals surface area contributed by atoms with Crippen LogP contribution in [0.4, 0.5) is 13.2 Å². The molecule has 0 amide bonds. The quantitative estimate of drug-likeness (QED) is 0.866. The molecule has 2 aromatic rings. The van der Waals surface area contributed by atoms with Gasteiger partial charge in [-0.15, -0.1) is 5.10 Å². The molecule has 2 heterocycles. The van der Waals surface area contributed by atoms with E-state index in [9.17, 15) is 13.2 Å². The number of aromatic nitrogens is 6. The summed E-state index contributed by atoms with van der Waals surface area (Å²) in [5, 5.41) is 23.7. The van der Waals surface area contributed by atoms with Crippen LogP contribution < -0.4 is 0 Å². The molecular weight excluding hydrogens is 301 g/mol. The van der Waals surface area contributed by atoms with E-state index < -0.39 is 11.9 Å². The molecule has 0 radical (unpaired) electrons. The Balaban J connectivity index is 1.84. The highest BCUT2D eigenvalue weighted by Crippen LogP contribution is 2.35. The van der Waals surface area contributed by atoms with Crippen LogP contribution in [-0.2, 0) is 19.1 Å². The number of halogens is 3. The normalized spacial score (nSPS) is 15.5. The fraction of sp³-hybridized carbons (Fsp3) is 0.667. The van der Waals surface area contributed by atoms with Gasteiger partial charge in [0.15, 0.2) is 11.5 Å². The van der Waals surface area contributed by atoms with Gasteiger partial charge in [0.2, 0.25) is 0 Å². The Hall–Kier alpha value is -1.97. The van der Waals surface area contributed by atoms with Crippen molar-refractivity contribution < 1.29 is 18.3 Å². The number of aliphatic hydroxyl groups excluding tert-OH is 1. The SMILES string of the molecule is OCCCc1cn(Cc2nnnn2C2CC2)nc1C(F)(F)F. The van der Waals surface area contributed by atoms with Crippen LogP contribution in [0.2, 0.25) is 0 Å². The third-order valence-electron chi connectivity index (χ3n) is 3.47. The van der Waals surface area contributed by atoms with Gasteiger partial charge in [-0.05, 0) is 36.1 Å². The van der Waals surface area contributed by atoms with Crippen LogP contribution >= 0.6 is 0 Å². The van der Waals surface area contributed by atoms with Crippen molar-refractivity contribution in [3.8, 4) is 0 Å². The maximum absolute atomic E-state index is 13.0.